The topological polar surface area (TPSA) is 649 Å². The molecule has 8 rings (SSSR count). The standard InChI is InChI=1S/C27H20N8O19S5.C17H14N4O9S2/c1-29-33-24-20(58(47,48)49)8-12-11(25(24)36)3-5-15(27(12)59(50,51)52)31-32-16-9-18(56(41,42)43)13-7-17(55-54-53-40)23(26(37)21(13)22(16)28)34-30-14-4-2-10(35(38)39)6-19(14)57(44,45)46;1-9-2-7-13(32(28,29)30)12(8-9)18-19-14-15(17(23)24)20-21(16(14)22)10-3-5-11(6-4-10)31(25,26)27/h2-9,36-37,40H,28H2,1H3,(H,41,42,43)(H,44,45,46)(H,47,48,49)(H,50,51,52);2-8,20H,1H3,(H,23,24)(H,25,26,27)(H,28,29,30). The SMILES string of the molecule is CN=Nc1c(S(=O)(=O)O)cc2c(S(=O)(=O)O)c(N=Nc3cc(S(=O)(=O)O)c4cc(SOOO)c(N=Nc5ccc([N+](=O)[O-])cc5S(=O)(=O)O)c(O)c4c3N)ccc2c1O.Cc1ccc(S(=O)(=O)O)c(N=Nc2c(C(=O)O)[nH]n(-c3ccc(S(=O)(=O)O)cc3)c2=O)c1. The molecule has 0 fully saturated rings. The maximum atomic E-state index is 12.7. The molecule has 0 amide bonds. The molecule has 40 nitrogen and oxygen atoms in total. The van der Waals surface area contributed by atoms with Crippen LogP contribution in [0.1, 0.15) is 16.1 Å². The number of fused-ring (bicyclic) bond motifs is 2. The van der Waals surface area contributed by atoms with E-state index >= 15 is 0 Å². The Bertz CT molecular complexity index is 5310. The number of non-ortho nitro benzene ring substituents is 1. The first-order valence-corrected chi connectivity index (χ1v) is 32.6. The van der Waals surface area contributed by atoms with Crippen LogP contribution in [0, 0.1) is 17.0 Å². The van der Waals surface area contributed by atoms with Crippen LogP contribution >= 0.6 is 12.0 Å². The Hall–Kier alpha value is -9.57. The van der Waals surface area contributed by atoms with E-state index in [9.17, 15) is 108 Å². The van der Waals surface area contributed by atoms with Gasteiger partial charge in [0.25, 0.3) is 72.0 Å². The highest BCUT2D eigenvalue weighted by Crippen LogP contribution is 2.51. The first kappa shape index (κ1) is 68.9. The highest BCUT2D eigenvalue weighted by Gasteiger charge is 2.31. The predicted molar refractivity (Wildman–Crippen MR) is 306 cm³/mol. The van der Waals surface area contributed by atoms with Crippen LogP contribution in [0.25, 0.3) is 27.2 Å². The van der Waals surface area contributed by atoms with Gasteiger partial charge in [0, 0.05) is 35.3 Å². The van der Waals surface area contributed by atoms with Gasteiger partial charge in [-0.2, -0.15) is 60.7 Å². The number of aromatic nitrogens is 2. The third kappa shape index (κ3) is 15.0. The number of azo groups is 4. The molecule has 8 aromatic rings. The third-order valence-electron chi connectivity index (χ3n) is 11.7. The average Bonchev–Trinajstić information content (AvgIpc) is 1.36. The van der Waals surface area contributed by atoms with Gasteiger partial charge in [0.2, 0.25) is 0 Å². The zero-order chi connectivity index (χ0) is 67.8. The molecule has 480 valence electrons. The van der Waals surface area contributed by atoms with Crippen molar-refractivity contribution in [3.8, 4) is 17.2 Å². The number of phenols is 2. The molecule has 47 heteroatoms. The minimum Gasteiger partial charge on any atom is -0.505 e. The molecule has 0 unspecified atom stereocenters. The van der Waals surface area contributed by atoms with E-state index < -0.39 is 196 Å². The Balaban J connectivity index is 0.000000309. The Morgan fingerprint density at radius 1 is 0.593 bits per heavy atom. The number of nitro benzene ring substituents is 1. The maximum Gasteiger partial charge on any atom is 0.356 e. The maximum absolute atomic E-state index is 12.7. The number of nitrogens with two attached hydrogens (primary N) is 1. The van der Waals surface area contributed by atoms with E-state index in [4.69, 9.17) is 15.5 Å². The van der Waals surface area contributed by atoms with Crippen molar-refractivity contribution < 1.29 is 117 Å². The van der Waals surface area contributed by atoms with Crippen molar-refractivity contribution in [2.24, 2.45) is 40.9 Å². The van der Waals surface area contributed by atoms with Crippen molar-refractivity contribution in [3.05, 3.63) is 123 Å². The first-order chi connectivity index (χ1) is 42.1. The lowest BCUT2D eigenvalue weighted by molar-refractivity contribution is -0.432. The van der Waals surface area contributed by atoms with Crippen LogP contribution < -0.4 is 11.3 Å². The van der Waals surface area contributed by atoms with Crippen LogP contribution in [0.2, 0.25) is 0 Å². The second-order valence-corrected chi connectivity index (χ2v) is 26.6. The molecule has 13 N–H and O–H groups in total. The number of aryl methyl sites for hydroxylation is 1. The fraction of sp³-hybridized carbons (Fsp3) is 0.0455. The van der Waals surface area contributed by atoms with Crippen LogP contribution in [-0.2, 0) is 70.1 Å². The normalized spacial score (nSPS) is 12.8. The number of anilines is 1. The minimum absolute atomic E-state index is 0.0109. The number of nitrogens with zero attached hydrogens (tertiary/aromatic N) is 10. The van der Waals surface area contributed by atoms with Gasteiger partial charge in [-0.3, -0.25) is 47.3 Å². The number of H-pyrrole nitrogens is 1. The number of carboxylic acids is 1. The molecule has 0 spiro atoms. The Morgan fingerprint density at radius 2 is 1.16 bits per heavy atom. The van der Waals surface area contributed by atoms with Gasteiger partial charge in [-0.25, -0.2) is 14.7 Å². The van der Waals surface area contributed by atoms with Gasteiger partial charge < -0.3 is 21.1 Å². The number of hydrogen-bond acceptors (Lipinski definition) is 31. The second-order valence-electron chi connectivity index (χ2n) is 17.5. The number of rotatable bonds is 19. The number of nitrogen functional groups attached to an aromatic ring is 1. The number of aromatic carboxylic acids is 1. The summed E-state index contributed by atoms with van der Waals surface area (Å²) in [7, 11) is -29.4. The molecule has 91 heavy (non-hydrogen) atoms. The number of phenolic OH excluding ortho intramolecular Hbond substituents is 2. The zero-order valence-electron chi connectivity index (χ0n) is 44.4. The lowest BCUT2D eigenvalue weighted by Gasteiger charge is -2.15. The number of nitro groups is 1. The largest absolute Gasteiger partial charge is 0.505 e. The first-order valence-electron chi connectivity index (χ1n) is 23.2. The highest BCUT2D eigenvalue weighted by molar-refractivity contribution is 7.94. The predicted octanol–water partition coefficient (Wildman–Crippen LogP) is 7.94. The summed E-state index contributed by atoms with van der Waals surface area (Å²) in [6, 6.07) is 13.5. The van der Waals surface area contributed by atoms with Gasteiger partial charge in [0.1, 0.15) is 58.6 Å². The van der Waals surface area contributed by atoms with Crippen LogP contribution in [0.15, 0.2) is 171 Å². The summed E-state index contributed by atoms with van der Waals surface area (Å²) in [5, 5.41) is 83.4. The molecule has 0 saturated heterocycles. The summed E-state index contributed by atoms with van der Waals surface area (Å²) in [5.74, 6) is -3.77. The number of benzene rings is 7. The lowest BCUT2D eigenvalue weighted by Crippen LogP contribution is -2.14. The van der Waals surface area contributed by atoms with Crippen molar-refractivity contribution in [3.63, 3.8) is 0 Å². The van der Waals surface area contributed by atoms with Crippen molar-refractivity contribution in [1.29, 1.82) is 0 Å². The molecule has 0 bridgehead atoms. The Labute approximate surface area is 510 Å². The molecule has 1 aromatic heterocycles. The van der Waals surface area contributed by atoms with Gasteiger partial charge in [-0.15, -0.1) is 35.0 Å². The van der Waals surface area contributed by atoms with E-state index in [-0.39, 0.29) is 23.4 Å². The van der Waals surface area contributed by atoms with Crippen molar-refractivity contribution >= 4 is 151 Å². The van der Waals surface area contributed by atoms with Crippen molar-refractivity contribution in [1.82, 2.24) is 9.78 Å². The summed E-state index contributed by atoms with van der Waals surface area (Å²) in [5.41, 5.74) is -1.42. The van der Waals surface area contributed by atoms with Gasteiger partial charge in [0.15, 0.2) is 22.9 Å². The smallest absolute Gasteiger partial charge is 0.356 e. The number of carbonyl (C=O) groups is 1. The summed E-state index contributed by atoms with van der Waals surface area (Å²) >= 11 is 0.0109. The number of hydrogen-bond donors (Lipinski definition) is 12. The van der Waals surface area contributed by atoms with Crippen molar-refractivity contribution in [2.75, 3.05) is 12.8 Å². The van der Waals surface area contributed by atoms with E-state index in [0.717, 1.165) is 72.4 Å². The molecular formula is C44H34N12O28S7. The van der Waals surface area contributed by atoms with Crippen LogP contribution in [0.5, 0.6) is 11.5 Å². The van der Waals surface area contributed by atoms with Crippen LogP contribution in [-0.4, -0.2) is 126 Å². The summed E-state index contributed by atoms with van der Waals surface area (Å²) in [4.78, 5) is 28.3. The van der Waals surface area contributed by atoms with Gasteiger partial charge in [-0.1, -0.05) is 11.1 Å². The molecular weight excluding hydrogens is 1370 g/mol. The Morgan fingerprint density at radius 3 is 1.71 bits per heavy atom. The van der Waals surface area contributed by atoms with Crippen molar-refractivity contribution in [2.45, 2.75) is 41.2 Å². The average molecular weight is 1400 g/mol. The fourth-order valence-corrected chi connectivity index (χ4v) is 12.3. The lowest BCUT2D eigenvalue weighted by atomic mass is 10.0. The monoisotopic (exact) mass is 1400 g/mol. The second kappa shape index (κ2) is 25.7. The molecule has 1 heterocycles. The molecule has 0 aliphatic heterocycles. The molecule has 0 saturated carbocycles. The van der Waals surface area contributed by atoms with Gasteiger partial charge >= 0.3 is 5.97 Å². The number of carboxylic acid groups (broad SMARTS) is 1. The number of nitrogens with one attached hydrogen (secondary N) is 1. The van der Waals surface area contributed by atoms with E-state index in [1.165, 1.54) is 12.1 Å². The number of aromatic amines is 1. The number of aromatic hydroxyl groups is 2. The van der Waals surface area contributed by atoms with Crippen LogP contribution in [0.3, 0.4) is 0 Å². The van der Waals surface area contributed by atoms with Gasteiger partial charge in [-0.05, 0) is 85.3 Å². The summed E-state index contributed by atoms with van der Waals surface area (Å²) < 4.78 is 208. The highest BCUT2D eigenvalue weighted by atomic mass is 32.2. The van der Waals surface area contributed by atoms with E-state index in [1.54, 1.807) is 6.92 Å². The van der Waals surface area contributed by atoms with Gasteiger partial charge in [0.05, 0.1) is 43.5 Å². The summed E-state index contributed by atoms with van der Waals surface area (Å²) in [6.07, 6.45) is 0. The van der Waals surface area contributed by atoms with E-state index in [2.05, 4.69) is 55.4 Å². The zero-order valence-corrected chi connectivity index (χ0v) is 50.1. The molecule has 7 aromatic carbocycles. The Kier molecular flexibility index (Phi) is 19.5. The van der Waals surface area contributed by atoms with E-state index in [0.29, 0.717) is 23.8 Å². The molecule has 0 atom stereocenters. The van der Waals surface area contributed by atoms with E-state index in [1.807, 2.05) is 0 Å². The fourth-order valence-electron chi connectivity index (χ4n) is 7.91. The van der Waals surface area contributed by atoms with Crippen LogP contribution in [0.4, 0.5) is 51.2 Å². The minimum atomic E-state index is -5.47. The molecule has 0 aliphatic rings. The molecule has 0 radical (unpaired) electrons. The molecule has 0 aliphatic carbocycles. The third-order valence-corrected chi connectivity index (χ3v) is 17.7. The summed E-state index contributed by atoms with van der Waals surface area (Å²) in [6.45, 7) is 1.61. The quantitative estimate of drug-likeness (QED) is 0.00695.